The lowest BCUT2D eigenvalue weighted by Gasteiger charge is -2.40. The number of carbonyl (C=O) groups is 1. The van der Waals surface area contributed by atoms with Crippen molar-refractivity contribution in [2.45, 2.75) is 38.6 Å². The molecular weight excluding hydrogens is 420 g/mol. The van der Waals surface area contributed by atoms with Gasteiger partial charge in [0.05, 0.1) is 11.3 Å². The molecule has 0 saturated carbocycles. The molecule has 1 saturated heterocycles. The molecule has 0 spiro atoms. The number of rotatable bonds is 7. The molecule has 0 aliphatic carbocycles. The van der Waals surface area contributed by atoms with Crippen LogP contribution in [-0.4, -0.2) is 54.0 Å². The number of amides is 1. The van der Waals surface area contributed by atoms with E-state index in [9.17, 15) is 4.79 Å². The number of nitrogens with zero attached hydrogens (tertiary/aromatic N) is 3. The minimum absolute atomic E-state index is 0.0897. The van der Waals surface area contributed by atoms with Crippen molar-refractivity contribution in [2.24, 2.45) is 0 Å². The van der Waals surface area contributed by atoms with Crippen LogP contribution in [0.2, 0.25) is 0 Å². The molecule has 3 aromatic rings. The summed E-state index contributed by atoms with van der Waals surface area (Å²) < 4.78 is 11.9. The predicted molar refractivity (Wildman–Crippen MR) is 131 cm³/mol. The summed E-state index contributed by atoms with van der Waals surface area (Å²) in [5.74, 6) is 2.07. The zero-order valence-electron chi connectivity index (χ0n) is 18.5. The number of aromatic nitrogens is 1. The average Bonchev–Trinajstić information content (AvgIpc) is 3.24. The molecule has 6 nitrogen and oxygen atoms in total. The van der Waals surface area contributed by atoms with Crippen molar-refractivity contribution in [1.29, 1.82) is 0 Å². The first kappa shape index (κ1) is 21.2. The number of aryl methyl sites for hydroxylation is 1. The van der Waals surface area contributed by atoms with Gasteiger partial charge < -0.3 is 15.0 Å². The maximum absolute atomic E-state index is 11.6. The Morgan fingerprint density at radius 3 is 2.97 bits per heavy atom. The third kappa shape index (κ3) is 4.59. The van der Waals surface area contributed by atoms with Gasteiger partial charge in [-0.2, -0.15) is 4.37 Å². The van der Waals surface area contributed by atoms with E-state index in [1.165, 1.54) is 15.6 Å². The topological polar surface area (TPSA) is 57.7 Å². The molecule has 1 aromatic heterocycles. The van der Waals surface area contributed by atoms with E-state index in [1.807, 2.05) is 12.1 Å². The molecule has 5 rings (SSSR count). The molecular formula is C25H30N4O2S. The summed E-state index contributed by atoms with van der Waals surface area (Å²) in [5.41, 5.74) is 2.09. The van der Waals surface area contributed by atoms with Gasteiger partial charge in [-0.3, -0.25) is 9.69 Å². The third-order valence-electron chi connectivity index (χ3n) is 6.51. The minimum atomic E-state index is 0.0897. The lowest BCUT2D eigenvalue weighted by atomic mass is 10.0. The minimum Gasteiger partial charge on any atom is -0.494 e. The Bertz CT molecular complexity index is 1100. The second-order valence-electron chi connectivity index (χ2n) is 8.76. The van der Waals surface area contributed by atoms with Crippen LogP contribution in [0.3, 0.4) is 0 Å². The van der Waals surface area contributed by atoms with Gasteiger partial charge in [0, 0.05) is 49.2 Å². The first-order chi connectivity index (χ1) is 15.7. The van der Waals surface area contributed by atoms with Gasteiger partial charge in [0.25, 0.3) is 0 Å². The molecule has 3 heterocycles. The summed E-state index contributed by atoms with van der Waals surface area (Å²) in [7, 11) is 0. The highest BCUT2D eigenvalue weighted by Gasteiger charge is 2.25. The van der Waals surface area contributed by atoms with Crippen LogP contribution in [0.4, 0.5) is 11.5 Å². The second kappa shape index (κ2) is 9.46. The fourth-order valence-electron chi connectivity index (χ4n) is 4.67. The molecule has 168 valence electrons. The normalized spacial score (nSPS) is 19.1. The van der Waals surface area contributed by atoms with E-state index >= 15 is 0 Å². The first-order valence-electron chi connectivity index (χ1n) is 11.6. The molecule has 2 aromatic carbocycles. The summed E-state index contributed by atoms with van der Waals surface area (Å²) in [4.78, 5) is 16.6. The van der Waals surface area contributed by atoms with E-state index in [-0.39, 0.29) is 5.91 Å². The SMILES string of the molecule is CC1CN(c2nsc3ccccc23)CCN1CCCCOc1ccc2c(c1)NC(=O)CC2. The third-order valence-corrected chi connectivity index (χ3v) is 7.33. The first-order valence-corrected chi connectivity index (χ1v) is 12.3. The van der Waals surface area contributed by atoms with Gasteiger partial charge in [-0.05, 0) is 68.0 Å². The van der Waals surface area contributed by atoms with Gasteiger partial charge in [-0.25, -0.2) is 0 Å². The Morgan fingerprint density at radius 2 is 2.06 bits per heavy atom. The van der Waals surface area contributed by atoms with Crippen LogP contribution in [0, 0.1) is 0 Å². The lowest BCUT2D eigenvalue weighted by molar-refractivity contribution is -0.116. The Kier molecular flexibility index (Phi) is 6.28. The van der Waals surface area contributed by atoms with Gasteiger partial charge in [0.1, 0.15) is 11.6 Å². The Labute approximate surface area is 193 Å². The highest BCUT2D eigenvalue weighted by molar-refractivity contribution is 7.13. The van der Waals surface area contributed by atoms with E-state index in [4.69, 9.17) is 9.11 Å². The van der Waals surface area contributed by atoms with Crippen molar-refractivity contribution in [3.63, 3.8) is 0 Å². The molecule has 32 heavy (non-hydrogen) atoms. The molecule has 1 amide bonds. The quantitative estimate of drug-likeness (QED) is 0.535. The largest absolute Gasteiger partial charge is 0.494 e. The Balaban J connectivity index is 1.06. The maximum atomic E-state index is 11.6. The van der Waals surface area contributed by atoms with Crippen LogP contribution in [0.25, 0.3) is 10.1 Å². The monoisotopic (exact) mass is 450 g/mol. The highest BCUT2D eigenvalue weighted by Crippen LogP contribution is 2.31. The van der Waals surface area contributed by atoms with Crippen LogP contribution in [0.1, 0.15) is 31.7 Å². The highest BCUT2D eigenvalue weighted by atomic mass is 32.1. The van der Waals surface area contributed by atoms with E-state index in [0.29, 0.717) is 19.1 Å². The molecule has 0 bridgehead atoms. The van der Waals surface area contributed by atoms with Crippen molar-refractivity contribution in [3.05, 3.63) is 48.0 Å². The summed E-state index contributed by atoms with van der Waals surface area (Å²) in [5, 5.41) is 4.21. The van der Waals surface area contributed by atoms with Crippen molar-refractivity contribution in [2.75, 3.05) is 43.0 Å². The van der Waals surface area contributed by atoms with Crippen LogP contribution >= 0.6 is 11.5 Å². The van der Waals surface area contributed by atoms with Crippen LogP contribution in [0.15, 0.2) is 42.5 Å². The van der Waals surface area contributed by atoms with Crippen LogP contribution in [-0.2, 0) is 11.2 Å². The molecule has 0 radical (unpaired) electrons. The van der Waals surface area contributed by atoms with E-state index in [0.717, 1.165) is 62.7 Å². The number of nitrogens with one attached hydrogen (secondary N) is 1. The van der Waals surface area contributed by atoms with Gasteiger partial charge in [0.15, 0.2) is 0 Å². The molecule has 2 aliphatic heterocycles. The van der Waals surface area contributed by atoms with E-state index in [2.05, 4.69) is 52.4 Å². The zero-order valence-corrected chi connectivity index (χ0v) is 19.4. The number of benzene rings is 2. The molecule has 2 aliphatic rings. The lowest BCUT2D eigenvalue weighted by Crippen LogP contribution is -2.52. The number of hydrogen-bond acceptors (Lipinski definition) is 6. The number of carbonyl (C=O) groups excluding carboxylic acids is 1. The van der Waals surface area contributed by atoms with Gasteiger partial charge in [-0.15, -0.1) is 0 Å². The number of hydrogen-bond donors (Lipinski definition) is 1. The number of fused-ring (bicyclic) bond motifs is 2. The molecule has 1 unspecified atom stereocenters. The van der Waals surface area contributed by atoms with Gasteiger partial charge in [-0.1, -0.05) is 18.2 Å². The van der Waals surface area contributed by atoms with Crippen LogP contribution in [0.5, 0.6) is 5.75 Å². The maximum Gasteiger partial charge on any atom is 0.224 e. The molecule has 1 fully saturated rings. The van der Waals surface area contributed by atoms with E-state index < -0.39 is 0 Å². The molecule has 1 N–H and O–H groups in total. The average molecular weight is 451 g/mol. The van der Waals surface area contributed by atoms with Crippen molar-refractivity contribution < 1.29 is 9.53 Å². The summed E-state index contributed by atoms with van der Waals surface area (Å²) >= 11 is 1.59. The second-order valence-corrected chi connectivity index (χ2v) is 9.56. The summed E-state index contributed by atoms with van der Waals surface area (Å²) in [6, 6.07) is 15.1. The molecule has 7 heteroatoms. The number of unbranched alkanes of at least 4 members (excludes halogenated alkanes) is 1. The van der Waals surface area contributed by atoms with Crippen molar-refractivity contribution in [1.82, 2.24) is 9.27 Å². The van der Waals surface area contributed by atoms with Crippen molar-refractivity contribution >= 4 is 39.0 Å². The summed E-state index contributed by atoms with van der Waals surface area (Å²) in [6.07, 6.45) is 3.52. The van der Waals surface area contributed by atoms with Gasteiger partial charge >= 0.3 is 0 Å². The van der Waals surface area contributed by atoms with Crippen LogP contribution < -0.4 is 15.0 Å². The van der Waals surface area contributed by atoms with Crippen molar-refractivity contribution in [3.8, 4) is 5.75 Å². The fourth-order valence-corrected chi connectivity index (χ4v) is 5.46. The smallest absolute Gasteiger partial charge is 0.224 e. The Hall–Kier alpha value is -2.64. The standard InChI is InChI=1S/C25H30N4O2S/c1-18-17-29(25-21-6-2-3-7-23(21)32-27-25)14-13-28(18)12-4-5-15-31-20-10-8-19-9-11-24(30)26-22(19)16-20/h2-3,6-8,10,16,18H,4-5,9,11-15,17H2,1H3,(H,26,30). The summed E-state index contributed by atoms with van der Waals surface area (Å²) in [6.45, 7) is 7.22. The number of anilines is 2. The predicted octanol–water partition coefficient (Wildman–Crippen LogP) is 4.55. The molecule has 1 atom stereocenters. The number of ether oxygens (including phenoxy) is 1. The fraction of sp³-hybridized carbons (Fsp3) is 0.440. The van der Waals surface area contributed by atoms with E-state index in [1.54, 1.807) is 11.5 Å². The number of piperazine rings is 1. The van der Waals surface area contributed by atoms with Gasteiger partial charge in [0.2, 0.25) is 5.91 Å². The zero-order chi connectivity index (χ0) is 21.9. The Morgan fingerprint density at radius 1 is 1.16 bits per heavy atom.